The minimum atomic E-state index is -3.55. The molecule has 2 rings (SSSR count). The number of rotatable bonds is 4. The average Bonchev–Trinajstić information content (AvgIpc) is 2.35. The predicted molar refractivity (Wildman–Crippen MR) is 83.8 cm³/mol. The highest BCUT2D eigenvalue weighted by Crippen LogP contribution is 2.20. The Morgan fingerprint density at radius 3 is 2.70 bits per heavy atom. The molecule has 0 spiro atoms. The Balaban J connectivity index is 2.22. The number of para-hydroxylation sites is 1. The Kier molecular flexibility index (Phi) is 4.29. The third kappa shape index (κ3) is 3.71. The van der Waals surface area contributed by atoms with E-state index in [1.54, 1.807) is 43.5 Å². The Hall–Kier alpha value is -1.60. The lowest BCUT2D eigenvalue weighted by atomic mass is 10.2. The molecule has 0 aliphatic rings. The zero-order valence-electron chi connectivity index (χ0n) is 10.8. The Morgan fingerprint density at radius 2 is 2.05 bits per heavy atom. The largest absolute Gasteiger partial charge is 0.398 e. The SMILES string of the molecule is Cc1cc(Br)cnc1NS(=O)(=O)Cc1ccccc1N. The van der Waals surface area contributed by atoms with Gasteiger partial charge in [-0.05, 0) is 46.1 Å². The van der Waals surface area contributed by atoms with Crippen LogP contribution in [-0.2, 0) is 15.8 Å². The summed E-state index contributed by atoms with van der Waals surface area (Å²) in [5, 5.41) is 0. The normalized spacial score (nSPS) is 11.3. The number of hydrogen-bond acceptors (Lipinski definition) is 4. The first kappa shape index (κ1) is 14.8. The van der Waals surface area contributed by atoms with E-state index in [1.165, 1.54) is 0 Å². The van der Waals surface area contributed by atoms with Gasteiger partial charge in [-0.1, -0.05) is 18.2 Å². The molecule has 5 nitrogen and oxygen atoms in total. The summed E-state index contributed by atoms with van der Waals surface area (Å²) in [6, 6.07) is 8.68. The summed E-state index contributed by atoms with van der Waals surface area (Å²) in [5.74, 6) is 0.138. The summed E-state index contributed by atoms with van der Waals surface area (Å²) < 4.78 is 27.6. The smallest absolute Gasteiger partial charge is 0.238 e. The van der Waals surface area contributed by atoms with Gasteiger partial charge >= 0.3 is 0 Å². The molecule has 0 bridgehead atoms. The van der Waals surface area contributed by atoms with Crippen molar-refractivity contribution in [2.24, 2.45) is 0 Å². The van der Waals surface area contributed by atoms with Gasteiger partial charge in [-0.2, -0.15) is 0 Å². The van der Waals surface area contributed by atoms with Crippen molar-refractivity contribution in [3.63, 3.8) is 0 Å². The van der Waals surface area contributed by atoms with E-state index in [2.05, 4.69) is 25.6 Å². The van der Waals surface area contributed by atoms with Crippen LogP contribution in [0.1, 0.15) is 11.1 Å². The van der Waals surface area contributed by atoms with Gasteiger partial charge in [-0.15, -0.1) is 0 Å². The van der Waals surface area contributed by atoms with Gasteiger partial charge in [0, 0.05) is 16.4 Å². The third-order valence-electron chi connectivity index (χ3n) is 2.70. The molecule has 0 radical (unpaired) electrons. The molecule has 1 aromatic carbocycles. The van der Waals surface area contributed by atoms with Gasteiger partial charge in [-0.25, -0.2) is 13.4 Å². The first-order valence-electron chi connectivity index (χ1n) is 5.83. The third-order valence-corrected chi connectivity index (χ3v) is 4.33. The quantitative estimate of drug-likeness (QED) is 0.825. The molecular weight excluding hydrogens is 342 g/mol. The van der Waals surface area contributed by atoms with E-state index in [9.17, 15) is 8.42 Å². The fourth-order valence-electron chi connectivity index (χ4n) is 1.70. The Labute approximate surface area is 126 Å². The number of hydrogen-bond donors (Lipinski definition) is 2. The lowest BCUT2D eigenvalue weighted by Crippen LogP contribution is -2.17. The van der Waals surface area contributed by atoms with Crippen LogP contribution in [-0.4, -0.2) is 13.4 Å². The van der Waals surface area contributed by atoms with Crippen molar-refractivity contribution in [3.8, 4) is 0 Å². The zero-order chi connectivity index (χ0) is 14.8. The molecule has 1 heterocycles. The van der Waals surface area contributed by atoms with Crippen molar-refractivity contribution >= 4 is 37.5 Å². The van der Waals surface area contributed by atoms with E-state index in [4.69, 9.17) is 5.73 Å². The summed E-state index contributed by atoms with van der Waals surface area (Å²) in [6.45, 7) is 1.78. The second kappa shape index (κ2) is 5.80. The number of anilines is 2. The van der Waals surface area contributed by atoms with Crippen LogP contribution >= 0.6 is 15.9 Å². The Bertz CT molecular complexity index is 732. The number of benzene rings is 1. The summed E-state index contributed by atoms with van der Waals surface area (Å²) in [5.41, 5.74) is 7.52. The molecule has 106 valence electrons. The molecule has 0 atom stereocenters. The second-order valence-electron chi connectivity index (χ2n) is 4.38. The van der Waals surface area contributed by atoms with Gasteiger partial charge < -0.3 is 5.73 Å². The highest BCUT2D eigenvalue weighted by Gasteiger charge is 2.15. The molecule has 0 aliphatic heterocycles. The lowest BCUT2D eigenvalue weighted by Gasteiger charge is -2.11. The van der Waals surface area contributed by atoms with Crippen molar-refractivity contribution in [3.05, 3.63) is 52.1 Å². The lowest BCUT2D eigenvalue weighted by molar-refractivity contribution is 0.600. The number of nitrogen functional groups attached to an aromatic ring is 1. The number of pyridine rings is 1. The second-order valence-corrected chi connectivity index (χ2v) is 7.02. The van der Waals surface area contributed by atoms with Crippen molar-refractivity contribution in [1.29, 1.82) is 0 Å². The number of halogens is 1. The van der Waals surface area contributed by atoms with Gasteiger partial charge in [0.2, 0.25) is 10.0 Å². The van der Waals surface area contributed by atoms with E-state index < -0.39 is 10.0 Å². The van der Waals surface area contributed by atoms with Crippen LogP contribution in [0, 0.1) is 6.92 Å². The molecule has 0 aliphatic carbocycles. The number of aromatic nitrogens is 1. The molecule has 3 N–H and O–H groups in total. The van der Waals surface area contributed by atoms with Crippen LogP contribution in [0.25, 0.3) is 0 Å². The number of nitrogens with zero attached hydrogens (tertiary/aromatic N) is 1. The molecule has 7 heteroatoms. The van der Waals surface area contributed by atoms with E-state index >= 15 is 0 Å². The molecule has 0 unspecified atom stereocenters. The maximum Gasteiger partial charge on any atom is 0.238 e. The van der Waals surface area contributed by atoms with Crippen LogP contribution in [0.15, 0.2) is 41.0 Å². The van der Waals surface area contributed by atoms with Gasteiger partial charge in [0.1, 0.15) is 5.82 Å². The minimum Gasteiger partial charge on any atom is -0.398 e. The molecule has 0 saturated heterocycles. The summed E-state index contributed by atoms with van der Waals surface area (Å²) in [4.78, 5) is 4.06. The van der Waals surface area contributed by atoms with Gasteiger partial charge in [0.15, 0.2) is 0 Å². The van der Waals surface area contributed by atoms with Gasteiger partial charge in [0.25, 0.3) is 0 Å². The fourth-order valence-corrected chi connectivity index (χ4v) is 3.40. The molecule has 1 aromatic heterocycles. The summed E-state index contributed by atoms with van der Waals surface area (Å²) >= 11 is 3.28. The minimum absolute atomic E-state index is 0.184. The highest BCUT2D eigenvalue weighted by molar-refractivity contribution is 9.10. The molecule has 2 aromatic rings. The number of nitrogens with two attached hydrogens (primary N) is 1. The maximum absolute atomic E-state index is 12.1. The molecule has 0 fully saturated rings. The number of nitrogens with one attached hydrogen (secondary N) is 1. The monoisotopic (exact) mass is 355 g/mol. The van der Waals surface area contributed by atoms with E-state index in [0.29, 0.717) is 17.1 Å². The van der Waals surface area contributed by atoms with Crippen molar-refractivity contribution < 1.29 is 8.42 Å². The first-order valence-corrected chi connectivity index (χ1v) is 8.28. The van der Waals surface area contributed by atoms with Crippen molar-refractivity contribution in [2.75, 3.05) is 10.5 Å². The van der Waals surface area contributed by atoms with E-state index in [0.717, 1.165) is 10.0 Å². The van der Waals surface area contributed by atoms with Crippen LogP contribution in [0.2, 0.25) is 0 Å². The Morgan fingerprint density at radius 1 is 1.35 bits per heavy atom. The first-order chi connectivity index (χ1) is 9.37. The molecule has 0 saturated carbocycles. The van der Waals surface area contributed by atoms with Gasteiger partial charge in [-0.3, -0.25) is 4.72 Å². The van der Waals surface area contributed by atoms with Crippen molar-refractivity contribution in [2.45, 2.75) is 12.7 Å². The number of aryl methyl sites for hydroxylation is 1. The average molecular weight is 356 g/mol. The fraction of sp³-hybridized carbons (Fsp3) is 0.154. The molecule has 0 amide bonds. The highest BCUT2D eigenvalue weighted by atomic mass is 79.9. The summed E-state index contributed by atoms with van der Waals surface area (Å²) in [6.07, 6.45) is 1.54. The van der Waals surface area contributed by atoms with E-state index in [-0.39, 0.29) is 5.75 Å². The van der Waals surface area contributed by atoms with E-state index in [1.807, 2.05) is 0 Å². The van der Waals surface area contributed by atoms with Gasteiger partial charge in [0.05, 0.1) is 5.75 Å². The molecule has 20 heavy (non-hydrogen) atoms. The topological polar surface area (TPSA) is 85.1 Å². The predicted octanol–water partition coefficient (Wildman–Crippen LogP) is 2.68. The van der Waals surface area contributed by atoms with Crippen molar-refractivity contribution in [1.82, 2.24) is 4.98 Å². The van der Waals surface area contributed by atoms with Crippen LogP contribution in [0.3, 0.4) is 0 Å². The standard InChI is InChI=1S/C13H14BrN3O2S/c1-9-6-11(14)7-16-13(9)17-20(18,19)8-10-4-2-3-5-12(10)15/h2-7H,8,15H2,1H3,(H,16,17). The molecular formula is C13H14BrN3O2S. The van der Waals surface area contributed by atoms with Crippen LogP contribution in [0.5, 0.6) is 0 Å². The van der Waals surface area contributed by atoms with Crippen LogP contribution in [0.4, 0.5) is 11.5 Å². The number of sulfonamides is 1. The van der Waals surface area contributed by atoms with Crippen LogP contribution < -0.4 is 10.5 Å². The maximum atomic E-state index is 12.1. The summed E-state index contributed by atoms with van der Waals surface area (Å²) in [7, 11) is -3.55. The zero-order valence-corrected chi connectivity index (χ0v) is 13.2.